The molecule has 0 aliphatic rings. The van der Waals surface area contributed by atoms with Crippen LogP contribution < -0.4 is 4.90 Å². The summed E-state index contributed by atoms with van der Waals surface area (Å²) in [7, 11) is 1.72. The largest absolute Gasteiger partial charge is 0.506 e. The van der Waals surface area contributed by atoms with Gasteiger partial charge in [-0.15, -0.1) is 0 Å². The Kier molecular flexibility index (Phi) is 4.13. The lowest BCUT2D eigenvalue weighted by Gasteiger charge is -2.19. The molecule has 128 valence electrons. The SMILES string of the molecule is CN(C(=O)c1cc(Br)c2ccccc2c1O)c1ccc2ccccc2c1. The smallest absolute Gasteiger partial charge is 0.261 e. The molecule has 0 aliphatic heterocycles. The lowest BCUT2D eigenvalue weighted by atomic mass is 10.0. The molecule has 0 bridgehead atoms. The first-order valence-electron chi connectivity index (χ1n) is 8.23. The first-order chi connectivity index (χ1) is 12.6. The van der Waals surface area contributed by atoms with Crippen LogP contribution >= 0.6 is 15.9 Å². The van der Waals surface area contributed by atoms with Gasteiger partial charge < -0.3 is 10.0 Å². The fraction of sp³-hybridized carbons (Fsp3) is 0.0455. The molecule has 0 atom stereocenters. The Morgan fingerprint density at radius 2 is 1.54 bits per heavy atom. The van der Waals surface area contributed by atoms with Crippen LogP contribution in [0.25, 0.3) is 21.5 Å². The highest BCUT2D eigenvalue weighted by molar-refractivity contribution is 9.10. The summed E-state index contributed by atoms with van der Waals surface area (Å²) >= 11 is 3.51. The summed E-state index contributed by atoms with van der Waals surface area (Å²) in [6.45, 7) is 0. The highest BCUT2D eigenvalue weighted by Gasteiger charge is 2.20. The van der Waals surface area contributed by atoms with E-state index in [1.54, 1.807) is 18.0 Å². The molecule has 1 N–H and O–H groups in total. The van der Waals surface area contributed by atoms with Crippen molar-refractivity contribution in [3.05, 3.63) is 82.8 Å². The van der Waals surface area contributed by atoms with Gasteiger partial charge >= 0.3 is 0 Å². The van der Waals surface area contributed by atoms with Crippen LogP contribution in [0.2, 0.25) is 0 Å². The third-order valence-electron chi connectivity index (χ3n) is 4.62. The van der Waals surface area contributed by atoms with Gasteiger partial charge in [0.1, 0.15) is 5.75 Å². The molecular formula is C22H16BrNO2. The Labute approximate surface area is 159 Å². The van der Waals surface area contributed by atoms with Crippen LogP contribution in [-0.4, -0.2) is 18.1 Å². The summed E-state index contributed by atoms with van der Waals surface area (Å²) in [5.74, 6) is -0.259. The molecular weight excluding hydrogens is 390 g/mol. The van der Waals surface area contributed by atoms with Gasteiger partial charge in [0, 0.05) is 22.6 Å². The van der Waals surface area contributed by atoms with Crippen LogP contribution in [0.15, 0.2) is 77.3 Å². The fourth-order valence-corrected chi connectivity index (χ4v) is 3.74. The number of rotatable bonds is 2. The summed E-state index contributed by atoms with van der Waals surface area (Å²) in [6, 6.07) is 23.0. The lowest BCUT2D eigenvalue weighted by Crippen LogP contribution is -2.26. The van der Waals surface area contributed by atoms with Crippen LogP contribution in [-0.2, 0) is 0 Å². The predicted molar refractivity (Wildman–Crippen MR) is 110 cm³/mol. The quantitative estimate of drug-likeness (QED) is 0.461. The normalized spacial score (nSPS) is 11.0. The molecule has 1 amide bonds. The van der Waals surface area contributed by atoms with Crippen molar-refractivity contribution in [2.75, 3.05) is 11.9 Å². The molecule has 0 unspecified atom stereocenters. The zero-order chi connectivity index (χ0) is 18.3. The molecule has 0 heterocycles. The van der Waals surface area contributed by atoms with E-state index in [0.29, 0.717) is 5.39 Å². The minimum Gasteiger partial charge on any atom is -0.506 e. The minimum absolute atomic E-state index is 0.00133. The van der Waals surface area contributed by atoms with Gasteiger partial charge in [-0.25, -0.2) is 0 Å². The first kappa shape index (κ1) is 16.6. The average Bonchev–Trinajstić information content (AvgIpc) is 2.69. The lowest BCUT2D eigenvalue weighted by molar-refractivity contribution is 0.0990. The fourth-order valence-electron chi connectivity index (χ4n) is 3.16. The van der Waals surface area contributed by atoms with Gasteiger partial charge in [0.25, 0.3) is 5.91 Å². The number of aromatic hydroxyl groups is 1. The molecule has 0 saturated heterocycles. The molecule has 0 radical (unpaired) electrons. The van der Waals surface area contributed by atoms with Gasteiger partial charge in [-0.05, 0) is 34.4 Å². The predicted octanol–water partition coefficient (Wildman–Crippen LogP) is 5.74. The maximum Gasteiger partial charge on any atom is 0.261 e. The van der Waals surface area contributed by atoms with Crippen molar-refractivity contribution in [3.8, 4) is 5.75 Å². The third-order valence-corrected chi connectivity index (χ3v) is 5.28. The van der Waals surface area contributed by atoms with E-state index in [4.69, 9.17) is 0 Å². The second-order valence-electron chi connectivity index (χ2n) is 6.20. The van der Waals surface area contributed by atoms with Crippen LogP contribution in [0, 0.1) is 0 Å². The third kappa shape index (κ3) is 2.72. The maximum absolute atomic E-state index is 13.0. The van der Waals surface area contributed by atoms with Gasteiger partial charge in [-0.3, -0.25) is 4.79 Å². The minimum atomic E-state index is -0.260. The van der Waals surface area contributed by atoms with Crippen molar-refractivity contribution in [1.29, 1.82) is 0 Å². The number of anilines is 1. The van der Waals surface area contributed by atoms with E-state index >= 15 is 0 Å². The topological polar surface area (TPSA) is 40.5 Å². The zero-order valence-electron chi connectivity index (χ0n) is 14.1. The van der Waals surface area contributed by atoms with Gasteiger partial charge in [-0.1, -0.05) is 70.5 Å². The van der Waals surface area contributed by atoms with Crippen molar-refractivity contribution in [2.24, 2.45) is 0 Å². The van der Waals surface area contributed by atoms with Crippen LogP contribution in [0.3, 0.4) is 0 Å². The number of carbonyl (C=O) groups excluding carboxylic acids is 1. The number of hydrogen-bond donors (Lipinski definition) is 1. The Hall–Kier alpha value is -2.85. The van der Waals surface area contributed by atoms with E-state index < -0.39 is 0 Å². The molecule has 4 rings (SSSR count). The van der Waals surface area contributed by atoms with Crippen molar-refractivity contribution < 1.29 is 9.90 Å². The van der Waals surface area contributed by atoms with Crippen molar-refractivity contribution >= 4 is 49.1 Å². The maximum atomic E-state index is 13.0. The number of nitrogens with zero attached hydrogens (tertiary/aromatic N) is 1. The molecule has 4 aromatic carbocycles. The number of carbonyl (C=O) groups is 1. The monoisotopic (exact) mass is 405 g/mol. The number of phenolic OH excluding ortho intramolecular Hbond substituents is 1. The summed E-state index contributed by atoms with van der Waals surface area (Å²) in [6.07, 6.45) is 0. The molecule has 0 spiro atoms. The molecule has 0 aliphatic carbocycles. The Balaban J connectivity index is 1.79. The van der Waals surface area contributed by atoms with E-state index in [1.807, 2.05) is 66.7 Å². The Morgan fingerprint density at radius 3 is 2.31 bits per heavy atom. The summed E-state index contributed by atoms with van der Waals surface area (Å²) in [5.41, 5.74) is 1.05. The average molecular weight is 406 g/mol. The summed E-state index contributed by atoms with van der Waals surface area (Å²) in [4.78, 5) is 14.6. The molecule has 0 fully saturated rings. The molecule has 0 aromatic heterocycles. The second-order valence-corrected chi connectivity index (χ2v) is 7.05. The number of fused-ring (bicyclic) bond motifs is 2. The van der Waals surface area contributed by atoms with Crippen molar-refractivity contribution in [2.45, 2.75) is 0 Å². The number of benzene rings is 4. The molecule has 0 saturated carbocycles. The van der Waals surface area contributed by atoms with Gasteiger partial charge in [-0.2, -0.15) is 0 Å². The standard InChI is InChI=1S/C22H16BrNO2/c1-24(16-11-10-14-6-2-3-7-15(14)12-16)22(26)19-13-20(23)17-8-4-5-9-18(17)21(19)25/h2-13,25H,1H3. The van der Waals surface area contributed by atoms with Gasteiger partial charge in [0.05, 0.1) is 5.56 Å². The molecule has 26 heavy (non-hydrogen) atoms. The molecule has 4 heteroatoms. The highest BCUT2D eigenvalue weighted by Crippen LogP contribution is 2.35. The van der Waals surface area contributed by atoms with E-state index in [0.717, 1.165) is 26.3 Å². The zero-order valence-corrected chi connectivity index (χ0v) is 15.7. The van der Waals surface area contributed by atoms with Crippen molar-refractivity contribution in [3.63, 3.8) is 0 Å². The highest BCUT2D eigenvalue weighted by atomic mass is 79.9. The van der Waals surface area contributed by atoms with E-state index in [-0.39, 0.29) is 17.2 Å². The number of phenols is 1. The van der Waals surface area contributed by atoms with E-state index in [2.05, 4.69) is 15.9 Å². The number of amides is 1. The molecule has 4 aromatic rings. The van der Waals surface area contributed by atoms with Crippen LogP contribution in [0.5, 0.6) is 5.75 Å². The van der Waals surface area contributed by atoms with E-state index in [9.17, 15) is 9.90 Å². The molecule has 3 nitrogen and oxygen atoms in total. The Bertz CT molecular complexity index is 1150. The van der Waals surface area contributed by atoms with Gasteiger partial charge in [0.15, 0.2) is 0 Å². The Morgan fingerprint density at radius 1 is 0.885 bits per heavy atom. The first-order valence-corrected chi connectivity index (χ1v) is 9.02. The van der Waals surface area contributed by atoms with Gasteiger partial charge in [0.2, 0.25) is 0 Å². The summed E-state index contributed by atoms with van der Waals surface area (Å²) in [5, 5.41) is 14.3. The van der Waals surface area contributed by atoms with Crippen molar-refractivity contribution in [1.82, 2.24) is 0 Å². The van der Waals surface area contributed by atoms with Crippen LogP contribution in [0.4, 0.5) is 5.69 Å². The number of hydrogen-bond acceptors (Lipinski definition) is 2. The van der Waals surface area contributed by atoms with Crippen LogP contribution in [0.1, 0.15) is 10.4 Å². The number of halogens is 1. The summed E-state index contributed by atoms with van der Waals surface area (Å²) < 4.78 is 0.779. The van der Waals surface area contributed by atoms with E-state index in [1.165, 1.54) is 0 Å². The second kappa shape index (κ2) is 6.46.